The summed E-state index contributed by atoms with van der Waals surface area (Å²) in [5, 5.41) is 19.3. The van der Waals surface area contributed by atoms with E-state index >= 15 is 0 Å². The summed E-state index contributed by atoms with van der Waals surface area (Å²) in [5.41, 5.74) is 5.92. The molecular weight excluding hydrogens is 1020 g/mol. The van der Waals surface area contributed by atoms with Crippen LogP contribution in [0.2, 0.25) is 0 Å². The van der Waals surface area contributed by atoms with Crippen molar-refractivity contribution in [3.05, 3.63) is 120 Å². The molecule has 2 saturated heterocycles. The van der Waals surface area contributed by atoms with Crippen molar-refractivity contribution in [1.29, 1.82) is 0 Å². The first-order valence-corrected chi connectivity index (χ1v) is 28.0. The maximum Gasteiger partial charge on any atom is 0.253 e. The number of hydrogen-bond donors (Lipinski definition) is 6. The number of likely N-dealkylation sites (tertiary alicyclic amines) is 2. The number of likely N-dealkylation sites (N-methyl/N-ethyl adjacent to an activating group) is 2. The van der Waals surface area contributed by atoms with Gasteiger partial charge in [-0.05, 0) is 101 Å². The predicted octanol–water partition coefficient (Wildman–Crippen LogP) is 5.38. The molecule has 0 saturated carbocycles. The Morgan fingerprint density at radius 3 is 1.35 bits per heavy atom. The zero-order valence-corrected chi connectivity index (χ0v) is 47.3. The van der Waals surface area contributed by atoms with Crippen LogP contribution in [-0.2, 0) is 28.7 Å². The van der Waals surface area contributed by atoms with E-state index in [0.717, 1.165) is 70.0 Å². The lowest BCUT2D eigenvalue weighted by atomic mass is 10.00. The van der Waals surface area contributed by atoms with Gasteiger partial charge in [-0.1, -0.05) is 64.1 Å². The van der Waals surface area contributed by atoms with Gasteiger partial charge in [-0.2, -0.15) is 0 Å². The third kappa shape index (κ3) is 13.4. The highest BCUT2D eigenvalue weighted by atomic mass is 16.5. The number of carbonyl (C=O) groups excluding carboxylic acids is 6. The number of aromatic nitrogens is 4. The Bertz CT molecular complexity index is 2950. The fraction of sp³-hybridized carbons (Fsp3) is 0.467. The zero-order valence-electron chi connectivity index (χ0n) is 47.3. The topological polar surface area (TPSA) is 235 Å². The first kappa shape index (κ1) is 58.6. The number of rotatable bonds is 25. The molecule has 2 aliphatic heterocycles. The van der Waals surface area contributed by atoms with Crippen LogP contribution in [0, 0.1) is 11.8 Å². The Labute approximate surface area is 468 Å². The molecule has 6 amide bonds. The molecule has 0 radical (unpaired) electrons. The number of benzene rings is 2. The summed E-state index contributed by atoms with van der Waals surface area (Å²) in [5.74, 6) is -1.41. The molecule has 426 valence electrons. The number of hydrogen-bond acceptors (Lipinski definition) is 12. The van der Waals surface area contributed by atoms with Crippen molar-refractivity contribution in [2.75, 3.05) is 66.7 Å². The van der Waals surface area contributed by atoms with Crippen molar-refractivity contribution >= 4 is 57.2 Å². The van der Waals surface area contributed by atoms with E-state index in [1.165, 1.54) is 0 Å². The molecule has 0 aliphatic carbocycles. The van der Waals surface area contributed by atoms with Crippen molar-refractivity contribution in [3.8, 4) is 11.4 Å². The largest absolute Gasteiger partial charge is 0.377 e. The molecule has 6 N–H and O–H groups in total. The van der Waals surface area contributed by atoms with E-state index in [2.05, 4.69) is 41.9 Å². The van der Waals surface area contributed by atoms with Gasteiger partial charge in [-0.25, -0.2) is 0 Å². The number of para-hydroxylation sites is 2. The molecule has 6 atom stereocenters. The minimum Gasteiger partial charge on any atom is -0.377 e. The molecule has 20 nitrogen and oxygen atoms in total. The summed E-state index contributed by atoms with van der Waals surface area (Å²) in [6.45, 7) is 14.0. The normalized spacial score (nSPS) is 17.0. The van der Waals surface area contributed by atoms with Crippen molar-refractivity contribution in [3.63, 3.8) is 0 Å². The van der Waals surface area contributed by atoms with Crippen molar-refractivity contribution in [2.45, 2.75) is 103 Å². The fourth-order valence-corrected chi connectivity index (χ4v) is 10.6. The van der Waals surface area contributed by atoms with Gasteiger partial charge in [0, 0.05) is 61.7 Å². The second-order valence-corrected chi connectivity index (χ2v) is 21.4. The number of ether oxygens (including phenoxy) is 2. The van der Waals surface area contributed by atoms with Gasteiger partial charge in [-0.3, -0.25) is 38.7 Å². The van der Waals surface area contributed by atoms with Gasteiger partial charge in [0.15, 0.2) is 0 Å². The molecule has 8 rings (SSSR count). The van der Waals surface area contributed by atoms with Crippen LogP contribution in [0.1, 0.15) is 111 Å². The van der Waals surface area contributed by atoms with Gasteiger partial charge in [-0.15, -0.1) is 0 Å². The van der Waals surface area contributed by atoms with Crippen LogP contribution in [0.4, 0.5) is 0 Å². The number of amides is 6. The highest BCUT2D eigenvalue weighted by Crippen LogP contribution is 2.36. The maximum absolute atomic E-state index is 14.0. The van der Waals surface area contributed by atoms with E-state index in [1.807, 2.05) is 120 Å². The highest BCUT2D eigenvalue weighted by Gasteiger charge is 2.38. The minimum absolute atomic E-state index is 0.110. The minimum atomic E-state index is -0.668. The van der Waals surface area contributed by atoms with E-state index in [-0.39, 0.29) is 98.9 Å². The molecule has 80 heavy (non-hydrogen) atoms. The van der Waals surface area contributed by atoms with E-state index in [0.29, 0.717) is 24.2 Å². The first-order valence-electron chi connectivity index (χ1n) is 28.0. The lowest BCUT2D eigenvalue weighted by Crippen LogP contribution is -2.54. The summed E-state index contributed by atoms with van der Waals surface area (Å²) in [6.07, 6.45) is 13.9. The smallest absolute Gasteiger partial charge is 0.253 e. The van der Waals surface area contributed by atoms with E-state index in [4.69, 9.17) is 9.47 Å². The van der Waals surface area contributed by atoms with Gasteiger partial charge in [0.2, 0.25) is 23.6 Å². The lowest BCUT2D eigenvalue weighted by Gasteiger charge is -2.32. The number of nitrogens with one attached hydrogen (secondary N) is 6. The molecule has 2 aliphatic rings. The second-order valence-electron chi connectivity index (χ2n) is 21.4. The Morgan fingerprint density at radius 1 is 0.562 bits per heavy atom. The van der Waals surface area contributed by atoms with Crippen LogP contribution in [0.3, 0.4) is 0 Å². The molecule has 20 heteroatoms. The van der Waals surface area contributed by atoms with Crippen LogP contribution in [0.5, 0.6) is 0 Å². The van der Waals surface area contributed by atoms with E-state index in [1.54, 1.807) is 52.7 Å². The van der Waals surface area contributed by atoms with E-state index in [9.17, 15) is 28.8 Å². The third-order valence-corrected chi connectivity index (χ3v) is 15.4. The average Bonchev–Trinajstić information content (AvgIpc) is 4.41. The molecular formula is C60H78N12O8. The van der Waals surface area contributed by atoms with Crippen LogP contribution < -0.4 is 31.9 Å². The van der Waals surface area contributed by atoms with Crippen LogP contribution in [0.15, 0.2) is 97.8 Å². The predicted molar refractivity (Wildman–Crippen MR) is 306 cm³/mol. The van der Waals surface area contributed by atoms with Crippen molar-refractivity contribution in [1.82, 2.24) is 60.8 Å². The lowest BCUT2D eigenvalue weighted by molar-refractivity contribution is -0.139. The maximum atomic E-state index is 14.0. The molecule has 6 heterocycles. The summed E-state index contributed by atoms with van der Waals surface area (Å²) in [6, 6.07) is 16.8. The van der Waals surface area contributed by atoms with Gasteiger partial charge < -0.3 is 60.3 Å². The molecule has 2 aromatic carbocycles. The Morgan fingerprint density at radius 2 is 0.963 bits per heavy atom. The van der Waals surface area contributed by atoms with Crippen LogP contribution in [-0.4, -0.2) is 155 Å². The summed E-state index contributed by atoms with van der Waals surface area (Å²) in [7, 11) is 3.42. The molecule has 0 spiro atoms. The molecule has 6 aromatic rings. The summed E-state index contributed by atoms with van der Waals surface area (Å²) >= 11 is 0. The fourth-order valence-electron chi connectivity index (χ4n) is 10.6. The van der Waals surface area contributed by atoms with Gasteiger partial charge in [0.1, 0.15) is 12.1 Å². The van der Waals surface area contributed by atoms with E-state index < -0.39 is 24.2 Å². The number of carbonyl (C=O) groups is 6. The quantitative estimate of drug-likeness (QED) is 0.0397. The zero-order chi connectivity index (χ0) is 57.0. The van der Waals surface area contributed by atoms with Crippen LogP contribution >= 0.6 is 0 Å². The first-order chi connectivity index (χ1) is 38.6. The molecule has 2 fully saturated rings. The summed E-state index contributed by atoms with van der Waals surface area (Å²) < 4.78 is 15.5. The third-order valence-electron chi connectivity index (χ3n) is 15.4. The van der Waals surface area contributed by atoms with Crippen molar-refractivity contribution in [2.24, 2.45) is 11.8 Å². The SMILES string of the molecule is CN[C@@H](C)C(=O)N[C@H](C(=O)N1CCC[C@H]1c1cncc(-n2cc(C(=O)NCCOCCOCCNC(=O)c3cn(-c4cncc([C@@H]5CCCN5C(=O)[C@@H](NC(=O)[C@H](C)NC)C(C)C)c4)c4ccccc34)c3ccccc32)c1)C(C)C. The highest BCUT2D eigenvalue weighted by molar-refractivity contribution is 6.08. The Kier molecular flexibility index (Phi) is 19.9. The monoisotopic (exact) mass is 1090 g/mol. The number of pyridine rings is 2. The standard InChI is InChI=1S/C60H78N12O8/c1-37(2)53(67-55(73)39(5)61-7)59(77)69-23-13-19-49(69)41-29-43(33-63-31-41)71-35-47(45-15-9-11-17-51(45)71)57(75)65-21-25-79-27-28-80-26-22-66-58(76)48-36-72(52-18-12-10-16-46(48)52)44-30-42(32-64-34-44)50-20-14-24-70(50)60(78)54(38(3)4)68-56(74)40(6)62-8/h9-12,15-18,29-40,49-50,53-54,61-62H,13-14,19-28H2,1-8H3,(H,65,75)(H,66,76)(H,67,73)(H,68,74)/t39-,40-,49-,50-,53-,54-/m0/s1. The molecule has 0 unspecified atom stereocenters. The Balaban J connectivity index is 0.804. The Hall–Kier alpha value is -7.52. The van der Waals surface area contributed by atoms with Crippen LogP contribution in [0.25, 0.3) is 33.2 Å². The van der Waals surface area contributed by atoms with Gasteiger partial charge in [0.05, 0.1) is 96.5 Å². The molecule has 4 aromatic heterocycles. The number of nitrogens with zero attached hydrogens (tertiary/aromatic N) is 6. The van der Waals surface area contributed by atoms with Gasteiger partial charge in [0.25, 0.3) is 11.8 Å². The van der Waals surface area contributed by atoms with Gasteiger partial charge >= 0.3 is 0 Å². The molecule has 0 bridgehead atoms. The number of fused-ring (bicyclic) bond motifs is 2. The summed E-state index contributed by atoms with van der Waals surface area (Å²) in [4.78, 5) is 93.9. The average molecular weight is 1100 g/mol. The van der Waals surface area contributed by atoms with Crippen molar-refractivity contribution < 1.29 is 38.2 Å². The second kappa shape index (κ2) is 27.1.